The van der Waals surface area contributed by atoms with Gasteiger partial charge in [0.15, 0.2) is 0 Å². The number of hydrogen-bond donors (Lipinski definition) is 1. The van der Waals surface area contributed by atoms with Crippen molar-refractivity contribution in [3.8, 4) is 0 Å². The Hall–Kier alpha value is -3.28. The number of allylic oxidation sites excluding steroid dienone is 8. The number of nitrogens with zero attached hydrogens (tertiary/aromatic N) is 3. The van der Waals surface area contributed by atoms with Crippen LogP contribution in [0.4, 0.5) is 11.4 Å². The average molecular weight is 307 g/mol. The van der Waals surface area contributed by atoms with Crippen molar-refractivity contribution in [1.29, 1.82) is 0 Å². The van der Waals surface area contributed by atoms with Crippen LogP contribution in [0.1, 0.15) is 6.42 Å². The molecule has 0 amide bonds. The first kappa shape index (κ1) is 14.6. The number of nitro groups is 1. The van der Waals surface area contributed by atoms with Gasteiger partial charge in [-0.3, -0.25) is 10.1 Å². The number of aliphatic hydroxyl groups is 1. The van der Waals surface area contributed by atoms with Crippen LogP contribution in [0, 0.1) is 10.1 Å². The molecule has 0 heterocycles. The number of rotatable bonds is 3. The SMILES string of the molecule is O=[N+]([O-])c1ccc(N=NC2=CC=C(O)C3=CC=CC=C2C3)cc1. The van der Waals surface area contributed by atoms with Gasteiger partial charge in [0, 0.05) is 18.6 Å². The van der Waals surface area contributed by atoms with Crippen molar-refractivity contribution >= 4 is 11.4 Å². The highest BCUT2D eigenvalue weighted by Crippen LogP contribution is 2.30. The van der Waals surface area contributed by atoms with E-state index in [2.05, 4.69) is 10.2 Å². The van der Waals surface area contributed by atoms with E-state index in [9.17, 15) is 15.2 Å². The van der Waals surface area contributed by atoms with Crippen molar-refractivity contribution in [2.24, 2.45) is 10.2 Å². The Kier molecular flexibility index (Phi) is 3.97. The minimum atomic E-state index is -0.459. The topological polar surface area (TPSA) is 88.1 Å². The predicted molar refractivity (Wildman–Crippen MR) is 86.3 cm³/mol. The quantitative estimate of drug-likeness (QED) is 0.492. The molecule has 1 aromatic carbocycles. The minimum absolute atomic E-state index is 0.0110. The molecule has 2 aliphatic carbocycles. The molecule has 6 heteroatoms. The Bertz CT molecular complexity index is 825. The first-order chi connectivity index (χ1) is 11.1. The first-order valence-corrected chi connectivity index (χ1v) is 6.98. The standard InChI is InChI=1S/C17H13N3O3/c21-17-10-9-16(12-3-1-2-4-13(17)11-12)19-18-14-5-7-15(8-6-14)20(22)23/h1-10,21H,11H2. The summed E-state index contributed by atoms with van der Waals surface area (Å²) < 4.78 is 0. The zero-order valence-electron chi connectivity index (χ0n) is 12.1. The average Bonchev–Trinajstić information content (AvgIpc) is 2.88. The molecular weight excluding hydrogens is 294 g/mol. The van der Waals surface area contributed by atoms with Crippen molar-refractivity contribution in [3.05, 3.63) is 93.4 Å². The van der Waals surface area contributed by atoms with Crippen LogP contribution in [-0.4, -0.2) is 10.0 Å². The summed E-state index contributed by atoms with van der Waals surface area (Å²) >= 11 is 0. The summed E-state index contributed by atoms with van der Waals surface area (Å²) in [5, 5.41) is 28.9. The molecule has 0 aromatic heterocycles. The zero-order valence-corrected chi connectivity index (χ0v) is 12.1. The van der Waals surface area contributed by atoms with E-state index in [4.69, 9.17) is 0 Å². The van der Waals surface area contributed by atoms with Gasteiger partial charge in [-0.25, -0.2) is 0 Å². The smallest absolute Gasteiger partial charge is 0.269 e. The lowest BCUT2D eigenvalue weighted by Crippen LogP contribution is -1.90. The van der Waals surface area contributed by atoms with Crippen LogP contribution >= 0.6 is 0 Å². The van der Waals surface area contributed by atoms with Gasteiger partial charge in [0.1, 0.15) is 5.76 Å². The van der Waals surface area contributed by atoms with E-state index in [1.165, 1.54) is 12.1 Å². The highest BCUT2D eigenvalue weighted by molar-refractivity contribution is 5.50. The number of aliphatic hydroxyl groups excluding tert-OH is 1. The fourth-order valence-electron chi connectivity index (χ4n) is 2.24. The van der Waals surface area contributed by atoms with Crippen LogP contribution in [0.5, 0.6) is 0 Å². The summed E-state index contributed by atoms with van der Waals surface area (Å²) in [6.45, 7) is 0. The second-order valence-electron chi connectivity index (χ2n) is 5.02. The minimum Gasteiger partial charge on any atom is -0.508 e. The molecule has 114 valence electrons. The molecule has 0 fully saturated rings. The summed E-state index contributed by atoms with van der Waals surface area (Å²) in [6.07, 6.45) is 11.4. The maximum absolute atomic E-state index is 10.6. The Morgan fingerprint density at radius 1 is 0.957 bits per heavy atom. The molecule has 0 radical (unpaired) electrons. The van der Waals surface area contributed by atoms with Gasteiger partial charge in [-0.15, -0.1) is 0 Å². The van der Waals surface area contributed by atoms with Gasteiger partial charge in [0.2, 0.25) is 0 Å². The molecule has 3 rings (SSSR count). The van der Waals surface area contributed by atoms with Crippen LogP contribution in [0.3, 0.4) is 0 Å². The van der Waals surface area contributed by atoms with E-state index in [1.807, 2.05) is 24.3 Å². The maximum Gasteiger partial charge on any atom is 0.269 e. The molecule has 2 bridgehead atoms. The van der Waals surface area contributed by atoms with Crippen molar-refractivity contribution in [2.75, 3.05) is 0 Å². The van der Waals surface area contributed by atoms with Gasteiger partial charge in [-0.05, 0) is 35.4 Å². The van der Waals surface area contributed by atoms with Gasteiger partial charge in [-0.2, -0.15) is 10.2 Å². The number of non-ortho nitro benzene ring substituents is 1. The molecular formula is C17H13N3O3. The Labute approximate surface area is 132 Å². The van der Waals surface area contributed by atoms with Crippen molar-refractivity contribution in [2.45, 2.75) is 6.42 Å². The lowest BCUT2D eigenvalue weighted by Gasteiger charge is -2.05. The van der Waals surface area contributed by atoms with Crippen molar-refractivity contribution in [3.63, 3.8) is 0 Å². The molecule has 0 spiro atoms. The lowest BCUT2D eigenvalue weighted by atomic mass is 10.0. The number of azo groups is 1. The lowest BCUT2D eigenvalue weighted by molar-refractivity contribution is -0.384. The summed E-state index contributed by atoms with van der Waals surface area (Å²) in [6, 6.07) is 5.85. The summed E-state index contributed by atoms with van der Waals surface area (Å²) in [4.78, 5) is 10.2. The van der Waals surface area contributed by atoms with Gasteiger partial charge in [0.05, 0.1) is 16.3 Å². The van der Waals surface area contributed by atoms with Gasteiger partial charge in [-0.1, -0.05) is 24.3 Å². The summed E-state index contributed by atoms with van der Waals surface area (Å²) in [7, 11) is 0. The van der Waals surface area contributed by atoms with Crippen LogP contribution < -0.4 is 0 Å². The Morgan fingerprint density at radius 2 is 1.65 bits per heavy atom. The fraction of sp³-hybridized carbons (Fsp3) is 0.0588. The maximum atomic E-state index is 10.6. The van der Waals surface area contributed by atoms with E-state index in [-0.39, 0.29) is 11.4 Å². The van der Waals surface area contributed by atoms with Gasteiger partial charge < -0.3 is 5.11 Å². The molecule has 0 saturated carbocycles. The fourth-order valence-corrected chi connectivity index (χ4v) is 2.24. The second-order valence-corrected chi connectivity index (χ2v) is 5.02. The Balaban J connectivity index is 1.86. The third kappa shape index (κ3) is 3.32. The van der Waals surface area contributed by atoms with Gasteiger partial charge in [0.25, 0.3) is 5.69 Å². The molecule has 0 unspecified atom stereocenters. The normalized spacial score (nSPS) is 16.9. The summed E-state index contributed by atoms with van der Waals surface area (Å²) in [5.74, 6) is 0.211. The van der Waals surface area contributed by atoms with Crippen LogP contribution in [0.2, 0.25) is 0 Å². The summed E-state index contributed by atoms with van der Waals surface area (Å²) in [5.41, 5.74) is 2.94. The van der Waals surface area contributed by atoms with Crippen molar-refractivity contribution < 1.29 is 10.0 Å². The predicted octanol–water partition coefficient (Wildman–Crippen LogP) is 4.83. The highest BCUT2D eigenvalue weighted by atomic mass is 16.6. The number of hydrogen-bond acceptors (Lipinski definition) is 5. The molecule has 1 N–H and O–H groups in total. The van der Waals surface area contributed by atoms with Crippen LogP contribution in [0.25, 0.3) is 0 Å². The highest BCUT2D eigenvalue weighted by Gasteiger charge is 2.14. The molecule has 0 saturated heterocycles. The van der Waals surface area contributed by atoms with E-state index in [0.29, 0.717) is 17.8 Å². The van der Waals surface area contributed by atoms with Gasteiger partial charge >= 0.3 is 0 Å². The second kappa shape index (κ2) is 6.23. The molecule has 0 atom stereocenters. The third-order valence-corrected chi connectivity index (χ3v) is 3.48. The van der Waals surface area contributed by atoms with Crippen molar-refractivity contribution in [1.82, 2.24) is 0 Å². The van der Waals surface area contributed by atoms with Crippen LogP contribution in [0.15, 0.2) is 93.6 Å². The van der Waals surface area contributed by atoms with E-state index in [0.717, 1.165) is 11.1 Å². The largest absolute Gasteiger partial charge is 0.508 e. The van der Waals surface area contributed by atoms with E-state index in [1.54, 1.807) is 24.3 Å². The molecule has 6 nitrogen and oxygen atoms in total. The van der Waals surface area contributed by atoms with E-state index < -0.39 is 4.92 Å². The third-order valence-electron chi connectivity index (χ3n) is 3.48. The number of benzene rings is 1. The van der Waals surface area contributed by atoms with Crippen LogP contribution in [-0.2, 0) is 0 Å². The number of fused-ring (bicyclic) bond motifs is 2. The molecule has 2 aliphatic rings. The number of nitro benzene ring substituents is 1. The van der Waals surface area contributed by atoms with E-state index >= 15 is 0 Å². The molecule has 23 heavy (non-hydrogen) atoms. The monoisotopic (exact) mass is 307 g/mol. The molecule has 1 aromatic rings. The first-order valence-electron chi connectivity index (χ1n) is 6.98. The Morgan fingerprint density at radius 3 is 2.35 bits per heavy atom. The molecule has 0 aliphatic heterocycles. The zero-order chi connectivity index (χ0) is 16.2.